The molecule has 0 aliphatic heterocycles. The summed E-state index contributed by atoms with van der Waals surface area (Å²) >= 11 is 0. The van der Waals surface area contributed by atoms with E-state index in [2.05, 4.69) is 19.9 Å². The zero-order valence-electron chi connectivity index (χ0n) is 13.1. The quantitative estimate of drug-likeness (QED) is 0.573. The molecule has 20 heavy (non-hydrogen) atoms. The molecule has 0 N–H and O–H groups in total. The van der Waals surface area contributed by atoms with Crippen LogP contribution >= 0.6 is 0 Å². The van der Waals surface area contributed by atoms with Crippen molar-refractivity contribution in [2.24, 2.45) is 28.6 Å². The van der Waals surface area contributed by atoms with Gasteiger partial charge in [-0.1, -0.05) is 31.9 Å². The Morgan fingerprint density at radius 2 is 1.95 bits per heavy atom. The molecule has 0 unspecified atom stereocenters. The first kappa shape index (κ1) is 13.1. The number of carbonyl (C=O) groups excluding carboxylic acids is 1. The molecule has 0 radical (unpaired) electrons. The number of carbonyl (C=O) groups is 1. The van der Waals surface area contributed by atoms with Crippen LogP contribution in [0.15, 0.2) is 11.6 Å². The van der Waals surface area contributed by atoms with E-state index in [0.717, 1.165) is 37.0 Å². The first-order valence-corrected chi connectivity index (χ1v) is 8.74. The lowest BCUT2D eigenvalue weighted by Gasteiger charge is -2.56. The molecule has 5 atom stereocenters. The van der Waals surface area contributed by atoms with E-state index in [-0.39, 0.29) is 0 Å². The van der Waals surface area contributed by atoms with E-state index in [1.807, 2.05) is 0 Å². The summed E-state index contributed by atoms with van der Waals surface area (Å²) in [6, 6.07) is 0. The van der Waals surface area contributed by atoms with E-state index in [1.165, 1.54) is 44.1 Å². The van der Waals surface area contributed by atoms with Gasteiger partial charge in [-0.2, -0.15) is 0 Å². The molecule has 4 rings (SSSR count). The van der Waals surface area contributed by atoms with Crippen molar-refractivity contribution in [2.75, 3.05) is 0 Å². The normalized spacial score (nSPS) is 51.0. The maximum atomic E-state index is 11.8. The fourth-order valence-electron chi connectivity index (χ4n) is 6.47. The summed E-state index contributed by atoms with van der Waals surface area (Å²) in [4.78, 5) is 11.8. The van der Waals surface area contributed by atoms with Crippen molar-refractivity contribution < 1.29 is 4.79 Å². The lowest BCUT2D eigenvalue weighted by molar-refractivity contribution is -0.122. The maximum Gasteiger partial charge on any atom is 0.136 e. The Morgan fingerprint density at radius 3 is 2.80 bits per heavy atom. The van der Waals surface area contributed by atoms with Crippen LogP contribution in [0.25, 0.3) is 0 Å². The second-order valence-electron chi connectivity index (χ2n) is 8.56. The standard InChI is InChI=1S/C19H28O/c1-18-9-3-4-16(18)15-6-5-13-12-14(20)7-11-19(13,2)17(15)8-10-18/h5,15-17H,3-4,6-12H2,1-2H3/t15-,16-,17+,18-,19-/m0/s1. The molecular weight excluding hydrogens is 244 g/mol. The Morgan fingerprint density at radius 1 is 1.10 bits per heavy atom. The number of fused-ring (bicyclic) bond motifs is 5. The second-order valence-corrected chi connectivity index (χ2v) is 8.56. The molecule has 0 heterocycles. The van der Waals surface area contributed by atoms with Crippen molar-refractivity contribution in [1.82, 2.24) is 0 Å². The monoisotopic (exact) mass is 272 g/mol. The Bertz CT molecular complexity index is 476. The summed E-state index contributed by atoms with van der Waals surface area (Å²) in [5.41, 5.74) is 2.52. The smallest absolute Gasteiger partial charge is 0.136 e. The minimum absolute atomic E-state index is 0.362. The third kappa shape index (κ3) is 1.64. The van der Waals surface area contributed by atoms with E-state index in [9.17, 15) is 4.79 Å². The number of allylic oxidation sites excluding steroid dienone is 2. The van der Waals surface area contributed by atoms with Gasteiger partial charge in [0.15, 0.2) is 0 Å². The van der Waals surface area contributed by atoms with Crippen molar-refractivity contribution in [3.63, 3.8) is 0 Å². The molecule has 0 amide bonds. The highest BCUT2D eigenvalue weighted by Gasteiger charge is 2.55. The van der Waals surface area contributed by atoms with Gasteiger partial charge >= 0.3 is 0 Å². The fourth-order valence-corrected chi connectivity index (χ4v) is 6.47. The second kappa shape index (κ2) is 4.21. The van der Waals surface area contributed by atoms with Crippen molar-refractivity contribution in [3.05, 3.63) is 11.6 Å². The highest BCUT2D eigenvalue weighted by atomic mass is 16.1. The molecule has 0 aromatic carbocycles. The zero-order valence-corrected chi connectivity index (χ0v) is 13.1. The minimum atomic E-state index is 0.362. The largest absolute Gasteiger partial charge is 0.299 e. The van der Waals surface area contributed by atoms with Crippen LogP contribution < -0.4 is 0 Å². The van der Waals surface area contributed by atoms with Gasteiger partial charge in [-0.25, -0.2) is 0 Å². The van der Waals surface area contributed by atoms with E-state index in [1.54, 1.807) is 0 Å². The Hall–Kier alpha value is -0.590. The Labute approximate surface area is 123 Å². The third-order valence-electron chi connectivity index (χ3n) is 7.72. The number of hydrogen-bond acceptors (Lipinski definition) is 1. The van der Waals surface area contributed by atoms with Crippen molar-refractivity contribution in [3.8, 4) is 0 Å². The van der Waals surface area contributed by atoms with Gasteiger partial charge in [0.1, 0.15) is 5.78 Å². The van der Waals surface area contributed by atoms with Crippen molar-refractivity contribution in [1.29, 1.82) is 0 Å². The molecule has 4 aliphatic rings. The van der Waals surface area contributed by atoms with Gasteiger partial charge < -0.3 is 0 Å². The third-order valence-corrected chi connectivity index (χ3v) is 7.72. The SMILES string of the molecule is C[C@@]12CCC[C@H]1[C@@H]1CC=C3CC(=O)CC[C@]3(C)[C@@H]1CC2. The van der Waals surface area contributed by atoms with Crippen LogP contribution in [0.2, 0.25) is 0 Å². The summed E-state index contributed by atoms with van der Waals surface area (Å²) in [6.45, 7) is 5.05. The number of rotatable bonds is 0. The number of ketones is 1. The number of Topliss-reactive ketones (excluding diaryl/α,β-unsaturated/α-hetero) is 1. The van der Waals surface area contributed by atoms with Crippen LogP contribution in [0, 0.1) is 28.6 Å². The average molecular weight is 272 g/mol. The average Bonchev–Trinajstić information content (AvgIpc) is 2.81. The highest BCUT2D eigenvalue weighted by molar-refractivity contribution is 5.82. The van der Waals surface area contributed by atoms with Gasteiger partial charge in [-0.3, -0.25) is 4.79 Å². The number of hydrogen-bond donors (Lipinski definition) is 0. The van der Waals surface area contributed by atoms with Gasteiger partial charge in [0.2, 0.25) is 0 Å². The lowest BCUT2D eigenvalue weighted by Crippen LogP contribution is -2.48. The summed E-state index contributed by atoms with van der Waals surface area (Å²) in [5.74, 6) is 3.23. The van der Waals surface area contributed by atoms with E-state index in [4.69, 9.17) is 0 Å². The molecule has 3 saturated carbocycles. The molecule has 0 saturated heterocycles. The first-order chi connectivity index (χ1) is 9.53. The molecule has 110 valence electrons. The maximum absolute atomic E-state index is 11.8. The van der Waals surface area contributed by atoms with Crippen molar-refractivity contribution in [2.45, 2.75) is 71.6 Å². The Kier molecular flexibility index (Phi) is 2.76. The summed E-state index contributed by atoms with van der Waals surface area (Å²) in [7, 11) is 0. The van der Waals surface area contributed by atoms with Gasteiger partial charge in [0.25, 0.3) is 0 Å². The molecule has 1 heteroatoms. The molecule has 0 aromatic rings. The van der Waals surface area contributed by atoms with Crippen LogP contribution in [0.4, 0.5) is 0 Å². The molecule has 0 spiro atoms. The Balaban J connectivity index is 1.70. The van der Waals surface area contributed by atoms with E-state index >= 15 is 0 Å². The molecular formula is C19H28O. The van der Waals surface area contributed by atoms with Crippen LogP contribution in [0.5, 0.6) is 0 Å². The van der Waals surface area contributed by atoms with Gasteiger partial charge in [-0.15, -0.1) is 0 Å². The molecule has 3 fully saturated rings. The van der Waals surface area contributed by atoms with Gasteiger partial charge in [0, 0.05) is 12.8 Å². The van der Waals surface area contributed by atoms with Crippen LogP contribution in [0.3, 0.4) is 0 Å². The highest BCUT2D eigenvalue weighted by Crippen LogP contribution is 2.64. The lowest BCUT2D eigenvalue weighted by atomic mass is 9.48. The predicted octanol–water partition coefficient (Wildman–Crippen LogP) is 4.91. The predicted molar refractivity (Wildman–Crippen MR) is 81.3 cm³/mol. The topological polar surface area (TPSA) is 17.1 Å². The van der Waals surface area contributed by atoms with Gasteiger partial charge in [0.05, 0.1) is 0 Å². The summed E-state index contributed by atoms with van der Waals surface area (Å²) in [6.07, 6.45) is 13.7. The molecule has 0 bridgehead atoms. The molecule has 1 nitrogen and oxygen atoms in total. The molecule has 4 aliphatic carbocycles. The first-order valence-electron chi connectivity index (χ1n) is 8.74. The van der Waals surface area contributed by atoms with E-state index < -0.39 is 0 Å². The fraction of sp³-hybridized carbons (Fsp3) is 0.842. The van der Waals surface area contributed by atoms with Crippen LogP contribution in [-0.4, -0.2) is 5.78 Å². The van der Waals surface area contributed by atoms with Crippen LogP contribution in [0.1, 0.15) is 71.6 Å². The summed E-state index contributed by atoms with van der Waals surface area (Å²) in [5, 5.41) is 0. The van der Waals surface area contributed by atoms with E-state index in [0.29, 0.717) is 16.6 Å². The van der Waals surface area contributed by atoms with Crippen LogP contribution in [-0.2, 0) is 4.79 Å². The van der Waals surface area contributed by atoms with Crippen molar-refractivity contribution >= 4 is 5.78 Å². The molecule has 0 aromatic heterocycles. The van der Waals surface area contributed by atoms with Gasteiger partial charge in [-0.05, 0) is 67.1 Å². The minimum Gasteiger partial charge on any atom is -0.299 e. The zero-order chi connectivity index (χ0) is 14.0. The summed E-state index contributed by atoms with van der Waals surface area (Å²) < 4.78 is 0.